The Kier molecular flexibility index (Phi) is 11.8. The molecule has 2 aromatic carbocycles. The van der Waals surface area contributed by atoms with Crippen LogP contribution in [-0.2, 0) is 33.4 Å². The van der Waals surface area contributed by atoms with Gasteiger partial charge in [-0.05, 0) is 56.0 Å². The predicted octanol–water partition coefficient (Wildman–Crippen LogP) is 3.35. The van der Waals surface area contributed by atoms with Gasteiger partial charge in [-0.3, -0.25) is 19.2 Å². The van der Waals surface area contributed by atoms with Crippen molar-refractivity contribution in [2.75, 3.05) is 38.9 Å². The van der Waals surface area contributed by atoms with Gasteiger partial charge in [-0.1, -0.05) is 42.5 Å². The van der Waals surface area contributed by atoms with Crippen LogP contribution in [0.15, 0.2) is 79.9 Å². The number of hydrogen-bond donors (Lipinski definition) is 2. The third-order valence-corrected chi connectivity index (χ3v) is 9.95. The lowest BCUT2D eigenvalue weighted by atomic mass is 9.70. The number of aliphatic hydroxyl groups excluding tert-OH is 1. The number of likely N-dealkylation sites (tertiary alicyclic amines) is 1. The van der Waals surface area contributed by atoms with E-state index in [0.29, 0.717) is 36.3 Å². The summed E-state index contributed by atoms with van der Waals surface area (Å²) in [7, 11) is 3.04. The SMILES string of the molecule is C=CCCC(=O)N[C@@H](COC)[C@@H](OC(=O)[C@@H]1[C@@H]2CC[C@]3(O2)[C@H](C(=O)N(CC=C)c2ccc(OC)cc2)N([C@H](C)CO)C(=O)[C@@H]13)c1ccccc1. The molecule has 2 bridgehead atoms. The van der Waals surface area contributed by atoms with E-state index in [4.69, 9.17) is 18.9 Å². The molecule has 268 valence electrons. The summed E-state index contributed by atoms with van der Waals surface area (Å²) >= 11 is 0. The van der Waals surface area contributed by atoms with Gasteiger partial charge >= 0.3 is 5.97 Å². The topological polar surface area (TPSA) is 144 Å². The van der Waals surface area contributed by atoms with E-state index in [9.17, 15) is 24.3 Å². The Bertz CT molecular complexity index is 1550. The first-order valence-corrected chi connectivity index (χ1v) is 17.0. The van der Waals surface area contributed by atoms with E-state index in [2.05, 4.69) is 18.5 Å². The highest BCUT2D eigenvalue weighted by Gasteiger charge is 2.75. The van der Waals surface area contributed by atoms with Crippen LogP contribution in [0.4, 0.5) is 5.69 Å². The number of allylic oxidation sites excluding steroid dienone is 1. The molecule has 12 nitrogen and oxygen atoms in total. The highest BCUT2D eigenvalue weighted by molar-refractivity contribution is 6.04. The van der Waals surface area contributed by atoms with E-state index < -0.39 is 72.2 Å². The van der Waals surface area contributed by atoms with Crippen LogP contribution < -0.4 is 15.0 Å². The van der Waals surface area contributed by atoms with Gasteiger partial charge in [0.05, 0.1) is 50.3 Å². The van der Waals surface area contributed by atoms with Gasteiger partial charge < -0.3 is 39.2 Å². The fourth-order valence-electron chi connectivity index (χ4n) is 7.69. The molecule has 3 fully saturated rings. The van der Waals surface area contributed by atoms with E-state index in [1.165, 1.54) is 16.9 Å². The highest BCUT2D eigenvalue weighted by atomic mass is 16.6. The lowest BCUT2D eigenvalue weighted by Gasteiger charge is -2.38. The molecular weight excluding hydrogens is 642 g/mol. The van der Waals surface area contributed by atoms with Gasteiger partial charge in [0.15, 0.2) is 0 Å². The van der Waals surface area contributed by atoms with Gasteiger partial charge in [-0.25, -0.2) is 0 Å². The van der Waals surface area contributed by atoms with Crippen molar-refractivity contribution in [3.63, 3.8) is 0 Å². The maximum atomic E-state index is 14.7. The Morgan fingerprint density at radius 2 is 1.84 bits per heavy atom. The fraction of sp³-hybridized carbons (Fsp3) is 0.474. The number of ether oxygens (including phenoxy) is 4. The number of methoxy groups -OCH3 is 2. The zero-order valence-electron chi connectivity index (χ0n) is 28.9. The molecule has 3 aliphatic heterocycles. The van der Waals surface area contributed by atoms with Crippen molar-refractivity contribution in [3.05, 3.63) is 85.5 Å². The van der Waals surface area contributed by atoms with Crippen molar-refractivity contribution in [1.29, 1.82) is 0 Å². The summed E-state index contributed by atoms with van der Waals surface area (Å²) in [5.41, 5.74) is -0.134. The number of amides is 3. The molecule has 50 heavy (non-hydrogen) atoms. The molecule has 2 aromatic rings. The van der Waals surface area contributed by atoms with Gasteiger partial charge in [0.1, 0.15) is 23.5 Å². The summed E-state index contributed by atoms with van der Waals surface area (Å²) in [5.74, 6) is -3.24. The zero-order valence-corrected chi connectivity index (χ0v) is 28.9. The molecule has 12 heteroatoms. The number of fused-ring (bicyclic) bond motifs is 1. The van der Waals surface area contributed by atoms with Gasteiger partial charge in [-0.15, -0.1) is 13.2 Å². The Balaban J connectivity index is 1.49. The van der Waals surface area contributed by atoms with Gasteiger partial charge in [0, 0.05) is 25.8 Å². The molecule has 0 aromatic heterocycles. The van der Waals surface area contributed by atoms with Gasteiger partial charge in [-0.2, -0.15) is 0 Å². The lowest BCUT2D eigenvalue weighted by Crippen LogP contribution is -2.58. The minimum absolute atomic E-state index is 0.0480. The van der Waals surface area contributed by atoms with Gasteiger partial charge in [0.25, 0.3) is 5.91 Å². The minimum atomic E-state index is -1.33. The van der Waals surface area contributed by atoms with E-state index in [0.717, 1.165) is 0 Å². The van der Waals surface area contributed by atoms with E-state index in [1.807, 2.05) is 6.07 Å². The van der Waals surface area contributed by atoms with Crippen molar-refractivity contribution in [1.82, 2.24) is 10.2 Å². The number of carbonyl (C=O) groups excluding carboxylic acids is 4. The molecule has 1 spiro atoms. The lowest BCUT2D eigenvalue weighted by molar-refractivity contribution is -0.163. The molecule has 3 heterocycles. The summed E-state index contributed by atoms with van der Waals surface area (Å²) in [4.78, 5) is 59.3. The molecule has 5 rings (SSSR count). The molecular formula is C38H47N3O9. The van der Waals surface area contributed by atoms with Crippen LogP contribution in [0.25, 0.3) is 0 Å². The van der Waals surface area contributed by atoms with Crippen LogP contribution in [0.5, 0.6) is 5.75 Å². The first kappa shape index (κ1) is 36.8. The number of carbonyl (C=O) groups is 4. The van der Waals surface area contributed by atoms with E-state index >= 15 is 0 Å². The number of hydrogen-bond acceptors (Lipinski definition) is 9. The molecule has 3 saturated heterocycles. The summed E-state index contributed by atoms with van der Waals surface area (Å²) in [6, 6.07) is 13.4. The number of nitrogens with one attached hydrogen (secondary N) is 1. The van der Waals surface area contributed by atoms with Crippen molar-refractivity contribution in [2.45, 2.75) is 68.5 Å². The maximum Gasteiger partial charge on any atom is 0.313 e. The zero-order chi connectivity index (χ0) is 36.0. The molecule has 0 radical (unpaired) electrons. The smallest absolute Gasteiger partial charge is 0.313 e. The molecule has 3 aliphatic rings. The summed E-state index contributed by atoms with van der Waals surface area (Å²) in [5, 5.41) is 13.2. The second-order valence-corrected chi connectivity index (χ2v) is 13.0. The van der Waals surface area contributed by atoms with Crippen molar-refractivity contribution < 1.29 is 43.2 Å². The van der Waals surface area contributed by atoms with Crippen LogP contribution in [0.2, 0.25) is 0 Å². The third kappa shape index (κ3) is 6.92. The normalized spacial score (nSPS) is 25.3. The van der Waals surface area contributed by atoms with Crippen molar-refractivity contribution in [3.8, 4) is 5.75 Å². The molecule has 2 N–H and O–H groups in total. The Morgan fingerprint density at radius 1 is 1.12 bits per heavy atom. The van der Waals surface area contributed by atoms with Crippen molar-refractivity contribution in [2.24, 2.45) is 11.8 Å². The fourth-order valence-corrected chi connectivity index (χ4v) is 7.69. The Labute approximate surface area is 293 Å². The minimum Gasteiger partial charge on any atom is -0.497 e. The first-order valence-electron chi connectivity index (χ1n) is 17.0. The summed E-state index contributed by atoms with van der Waals surface area (Å²) < 4.78 is 23.6. The Hall–Kier alpha value is -4.52. The van der Waals surface area contributed by atoms with Gasteiger partial charge in [0.2, 0.25) is 11.8 Å². The van der Waals surface area contributed by atoms with Crippen molar-refractivity contribution >= 4 is 29.4 Å². The number of nitrogens with zero attached hydrogens (tertiary/aromatic N) is 2. The molecule has 3 amide bonds. The molecule has 0 saturated carbocycles. The number of benzene rings is 2. The molecule has 0 unspecified atom stereocenters. The predicted molar refractivity (Wildman–Crippen MR) is 185 cm³/mol. The summed E-state index contributed by atoms with van der Waals surface area (Å²) in [6.45, 7) is 8.98. The van der Waals surface area contributed by atoms with Crippen LogP contribution in [0.1, 0.15) is 44.3 Å². The first-order chi connectivity index (χ1) is 24.1. The number of anilines is 1. The number of rotatable bonds is 17. The van der Waals surface area contributed by atoms with Crippen LogP contribution in [0.3, 0.4) is 0 Å². The second kappa shape index (κ2) is 16.0. The molecule has 8 atom stereocenters. The summed E-state index contributed by atoms with van der Waals surface area (Å²) in [6.07, 6.45) is 3.07. The maximum absolute atomic E-state index is 14.7. The average Bonchev–Trinajstić information content (AvgIpc) is 3.79. The average molecular weight is 690 g/mol. The second-order valence-electron chi connectivity index (χ2n) is 13.0. The van der Waals surface area contributed by atoms with Crippen LogP contribution >= 0.6 is 0 Å². The highest BCUT2D eigenvalue weighted by Crippen LogP contribution is 2.59. The quantitative estimate of drug-likeness (QED) is 0.189. The standard InChI is InChI=1S/C38H47N3O9/c1-6-8-14-30(43)39-28(23-47-4)33(25-12-10-9-11-13-25)49-37(46)31-29-19-20-38(50-29)32(31)35(44)41(24(3)22-42)34(38)36(45)40(21-7-2)26-15-17-27(48-5)18-16-26/h6-7,9-13,15-18,24,28-29,31-34,42H,1-2,8,14,19-23H2,3-5H3,(H,39,43)/t24-,28+,29+,31-,32-,33+,34+,38-/m1/s1. The van der Waals surface area contributed by atoms with E-state index in [-0.39, 0.29) is 25.5 Å². The monoisotopic (exact) mass is 689 g/mol. The van der Waals surface area contributed by atoms with Crippen LogP contribution in [0, 0.1) is 11.8 Å². The van der Waals surface area contributed by atoms with E-state index in [1.54, 1.807) is 74.7 Å². The Morgan fingerprint density at radius 3 is 2.46 bits per heavy atom. The number of aliphatic hydroxyl groups is 1. The number of esters is 1. The molecule has 0 aliphatic carbocycles. The van der Waals surface area contributed by atoms with Crippen LogP contribution in [-0.4, -0.2) is 97.5 Å². The largest absolute Gasteiger partial charge is 0.497 e. The third-order valence-electron chi connectivity index (χ3n) is 9.95.